The maximum Gasteiger partial charge on any atom is 0.129 e. The molecule has 0 spiro atoms. The SMILES string of the molecule is Cc1c(C)c(C)c(F)c(C)c1C.Cc1c(C)c(C)c(Nc2c(C)c(C)c(C)c(C)c2Nc2c(C)c(C)c(C)c(C)c2C)c(C)c1C. The van der Waals surface area contributed by atoms with E-state index in [9.17, 15) is 4.39 Å². The highest BCUT2D eigenvalue weighted by atomic mass is 19.1. The highest BCUT2D eigenvalue weighted by Gasteiger charge is 2.21. The predicted octanol–water partition coefficient (Wildman–Crippen LogP) is 12.9. The largest absolute Gasteiger partial charge is 0.353 e. The van der Waals surface area contributed by atoms with Gasteiger partial charge in [-0.15, -0.1) is 0 Å². The second kappa shape index (κ2) is 13.6. The number of halogens is 1. The Kier molecular flexibility index (Phi) is 10.9. The third kappa shape index (κ3) is 6.23. The van der Waals surface area contributed by atoms with Crippen molar-refractivity contribution < 1.29 is 4.39 Å². The lowest BCUT2D eigenvalue weighted by Gasteiger charge is -2.28. The van der Waals surface area contributed by atoms with Crippen molar-refractivity contribution >= 4 is 22.7 Å². The molecule has 0 aromatic heterocycles. The molecule has 4 rings (SSSR count). The predicted molar refractivity (Wildman–Crippen MR) is 202 cm³/mol. The number of benzene rings is 4. The van der Waals surface area contributed by atoms with E-state index in [-0.39, 0.29) is 5.82 Å². The molecular weight excluding hydrogens is 563 g/mol. The van der Waals surface area contributed by atoms with Crippen LogP contribution in [0.5, 0.6) is 0 Å². The highest BCUT2D eigenvalue weighted by Crippen LogP contribution is 2.43. The van der Waals surface area contributed by atoms with Gasteiger partial charge in [-0.1, -0.05) is 0 Å². The molecule has 0 amide bonds. The summed E-state index contributed by atoms with van der Waals surface area (Å²) in [6.07, 6.45) is 0. The molecule has 46 heavy (non-hydrogen) atoms. The van der Waals surface area contributed by atoms with E-state index in [0.717, 1.165) is 22.3 Å². The molecule has 0 fully saturated rings. The molecule has 0 atom stereocenters. The van der Waals surface area contributed by atoms with E-state index in [4.69, 9.17) is 0 Å². The van der Waals surface area contributed by atoms with E-state index in [2.05, 4.69) is 108 Å². The fourth-order valence-electron chi connectivity index (χ4n) is 6.70. The van der Waals surface area contributed by atoms with Gasteiger partial charge in [0.2, 0.25) is 0 Å². The van der Waals surface area contributed by atoms with Crippen molar-refractivity contribution in [3.05, 3.63) is 112 Å². The molecule has 0 aliphatic heterocycles. The van der Waals surface area contributed by atoms with Crippen LogP contribution in [0.3, 0.4) is 0 Å². The quantitative estimate of drug-likeness (QED) is 0.237. The van der Waals surface area contributed by atoms with Crippen LogP contribution in [0.2, 0.25) is 0 Å². The molecule has 0 saturated heterocycles. The first-order chi connectivity index (χ1) is 21.2. The van der Waals surface area contributed by atoms with Crippen LogP contribution in [0.25, 0.3) is 0 Å². The van der Waals surface area contributed by atoms with Crippen LogP contribution in [-0.2, 0) is 0 Å². The Balaban J connectivity index is 0.000000402. The third-order valence-electron chi connectivity index (χ3n) is 12.1. The first-order valence-corrected chi connectivity index (χ1v) is 16.7. The lowest BCUT2D eigenvalue weighted by Crippen LogP contribution is -2.10. The third-order valence-corrected chi connectivity index (χ3v) is 12.1. The van der Waals surface area contributed by atoms with Crippen LogP contribution in [-0.4, -0.2) is 0 Å². The molecular formula is C43H59FN2. The Morgan fingerprint density at radius 2 is 0.370 bits per heavy atom. The van der Waals surface area contributed by atoms with Gasteiger partial charge < -0.3 is 10.6 Å². The number of hydrogen-bond acceptors (Lipinski definition) is 2. The lowest BCUT2D eigenvalue weighted by molar-refractivity contribution is 0.605. The first kappa shape index (κ1) is 36.9. The molecule has 0 radical (unpaired) electrons. The van der Waals surface area contributed by atoms with Gasteiger partial charge in [0, 0.05) is 11.4 Å². The molecule has 248 valence electrons. The van der Waals surface area contributed by atoms with Crippen molar-refractivity contribution in [1.29, 1.82) is 0 Å². The fraction of sp³-hybridized carbons (Fsp3) is 0.442. The summed E-state index contributed by atoms with van der Waals surface area (Å²) in [7, 11) is 0. The smallest absolute Gasteiger partial charge is 0.129 e. The number of hydrogen-bond donors (Lipinski definition) is 2. The van der Waals surface area contributed by atoms with Gasteiger partial charge in [-0.05, 0) is 237 Å². The van der Waals surface area contributed by atoms with Gasteiger partial charge in [0.05, 0.1) is 11.4 Å². The van der Waals surface area contributed by atoms with Gasteiger partial charge in [0.15, 0.2) is 0 Å². The van der Waals surface area contributed by atoms with Gasteiger partial charge >= 0.3 is 0 Å². The molecule has 4 aromatic carbocycles. The van der Waals surface area contributed by atoms with Crippen molar-refractivity contribution in [3.63, 3.8) is 0 Å². The van der Waals surface area contributed by atoms with Crippen LogP contribution >= 0.6 is 0 Å². The maximum absolute atomic E-state index is 13.4. The van der Waals surface area contributed by atoms with Crippen LogP contribution < -0.4 is 10.6 Å². The molecule has 0 unspecified atom stereocenters. The summed E-state index contributed by atoms with van der Waals surface area (Å²) in [6, 6.07) is 0. The summed E-state index contributed by atoms with van der Waals surface area (Å²) < 4.78 is 13.4. The molecule has 0 bridgehead atoms. The zero-order chi connectivity index (χ0) is 35.3. The maximum atomic E-state index is 13.4. The van der Waals surface area contributed by atoms with Crippen LogP contribution in [0, 0.1) is 137 Å². The topological polar surface area (TPSA) is 24.1 Å². The molecule has 0 heterocycles. The Morgan fingerprint density at radius 1 is 0.217 bits per heavy atom. The molecule has 4 aromatic rings. The minimum Gasteiger partial charge on any atom is -0.353 e. The van der Waals surface area contributed by atoms with Gasteiger partial charge in [0.25, 0.3) is 0 Å². The summed E-state index contributed by atoms with van der Waals surface area (Å²) in [6.45, 7) is 41.1. The standard InChI is InChI=1S/C32H44N2.C11H15F/c1-15-17(3)23(9)29(24(10)18(15)4)33-31-27(13)21(7)22(8)28(14)32(31)34-30-25(11)19(5)16(2)20(6)26(30)12;1-6-7(2)9(4)11(12)10(5)8(6)3/h33-34H,1-14H3;1-5H3. The summed E-state index contributed by atoms with van der Waals surface area (Å²) >= 11 is 0. The van der Waals surface area contributed by atoms with Gasteiger partial charge in [-0.2, -0.15) is 0 Å². The van der Waals surface area contributed by atoms with Crippen LogP contribution in [0.4, 0.5) is 27.1 Å². The van der Waals surface area contributed by atoms with E-state index in [1.54, 1.807) is 0 Å². The Labute approximate surface area is 280 Å². The molecule has 2 N–H and O–H groups in total. The summed E-state index contributed by atoms with van der Waals surface area (Å²) in [5.74, 6) is -0.0457. The molecule has 0 aliphatic rings. The lowest BCUT2D eigenvalue weighted by atomic mass is 9.90. The Hall–Kier alpha value is -3.59. The van der Waals surface area contributed by atoms with E-state index in [0.29, 0.717) is 0 Å². The Morgan fingerprint density at radius 3 is 0.587 bits per heavy atom. The average Bonchev–Trinajstić information content (AvgIpc) is 3.04. The second-order valence-electron chi connectivity index (χ2n) is 13.9. The molecule has 3 heteroatoms. The van der Waals surface area contributed by atoms with Crippen molar-refractivity contribution in [2.24, 2.45) is 0 Å². The van der Waals surface area contributed by atoms with Crippen molar-refractivity contribution in [2.75, 3.05) is 10.6 Å². The highest BCUT2D eigenvalue weighted by molar-refractivity contribution is 5.88. The van der Waals surface area contributed by atoms with E-state index >= 15 is 0 Å². The second-order valence-corrected chi connectivity index (χ2v) is 13.9. The zero-order valence-electron chi connectivity index (χ0n) is 32.4. The molecule has 0 saturated carbocycles. The average molecular weight is 623 g/mol. The normalized spacial score (nSPS) is 11.0. The van der Waals surface area contributed by atoms with Crippen molar-refractivity contribution in [3.8, 4) is 0 Å². The summed E-state index contributed by atoms with van der Waals surface area (Å²) in [4.78, 5) is 0. The van der Waals surface area contributed by atoms with Crippen molar-refractivity contribution in [1.82, 2.24) is 0 Å². The number of rotatable bonds is 4. The zero-order valence-corrected chi connectivity index (χ0v) is 32.4. The number of nitrogens with one attached hydrogen (secondary N) is 2. The first-order valence-electron chi connectivity index (χ1n) is 16.7. The summed E-state index contributed by atoms with van der Waals surface area (Å²) in [5.41, 5.74) is 28.7. The minimum absolute atomic E-state index is 0.0457. The van der Waals surface area contributed by atoms with Crippen molar-refractivity contribution in [2.45, 2.75) is 132 Å². The van der Waals surface area contributed by atoms with Crippen LogP contribution in [0.15, 0.2) is 0 Å². The van der Waals surface area contributed by atoms with E-state index in [1.807, 2.05) is 34.6 Å². The summed E-state index contributed by atoms with van der Waals surface area (Å²) in [5, 5.41) is 7.86. The molecule has 0 aliphatic carbocycles. The minimum atomic E-state index is -0.0457. The van der Waals surface area contributed by atoms with Gasteiger partial charge in [-0.3, -0.25) is 0 Å². The fourth-order valence-corrected chi connectivity index (χ4v) is 6.70. The van der Waals surface area contributed by atoms with Gasteiger partial charge in [0.1, 0.15) is 5.82 Å². The number of anilines is 4. The van der Waals surface area contributed by atoms with Crippen LogP contribution in [0.1, 0.15) is 106 Å². The molecule has 2 nitrogen and oxygen atoms in total. The van der Waals surface area contributed by atoms with E-state index < -0.39 is 0 Å². The Bertz CT molecular complexity index is 1600. The monoisotopic (exact) mass is 622 g/mol. The van der Waals surface area contributed by atoms with Gasteiger partial charge in [-0.25, -0.2) is 4.39 Å². The van der Waals surface area contributed by atoms with E-state index in [1.165, 1.54) is 106 Å².